The van der Waals surface area contributed by atoms with Crippen LogP contribution in [0.1, 0.15) is 26.6 Å². The summed E-state index contributed by atoms with van der Waals surface area (Å²) in [5.74, 6) is -0.747. The molecule has 10 nitrogen and oxygen atoms in total. The number of primary sulfonamides is 1. The minimum atomic E-state index is -3.75. The number of rotatable bonds is 7. The largest absolute Gasteiger partial charge is 0.451 e. The number of thiophene rings is 1. The molecule has 12 heteroatoms. The van der Waals surface area contributed by atoms with Gasteiger partial charge in [0.05, 0.1) is 10.3 Å². The zero-order valence-electron chi connectivity index (χ0n) is 16.7. The van der Waals surface area contributed by atoms with Gasteiger partial charge in [0, 0.05) is 6.54 Å². The molecule has 0 saturated heterocycles. The van der Waals surface area contributed by atoms with Gasteiger partial charge in [0.15, 0.2) is 6.61 Å². The van der Waals surface area contributed by atoms with E-state index in [0.717, 1.165) is 16.9 Å². The van der Waals surface area contributed by atoms with Crippen LogP contribution in [-0.2, 0) is 26.0 Å². The maximum absolute atomic E-state index is 12.4. The average molecular weight is 465 g/mol. The molecule has 0 bridgehead atoms. The number of aromatic nitrogens is 2. The van der Waals surface area contributed by atoms with Crippen molar-refractivity contribution in [2.24, 2.45) is 5.14 Å². The zero-order valence-corrected chi connectivity index (χ0v) is 18.4. The molecule has 31 heavy (non-hydrogen) atoms. The summed E-state index contributed by atoms with van der Waals surface area (Å²) in [4.78, 5) is 43.9. The minimum Gasteiger partial charge on any atom is -0.451 e. The predicted molar refractivity (Wildman–Crippen MR) is 115 cm³/mol. The number of ether oxygens (including phenoxy) is 1. The SMILES string of the molecule is Cc1nc2sc(C(=O)OCC(=O)NCCc3ccc(S(N)(=O)=O)cc3)c(C)c2c(=O)[nH]1. The Bertz CT molecular complexity index is 1310. The summed E-state index contributed by atoms with van der Waals surface area (Å²) in [6, 6.07) is 5.99. The summed E-state index contributed by atoms with van der Waals surface area (Å²) in [6.45, 7) is 3.07. The number of carbonyl (C=O) groups is 2. The maximum Gasteiger partial charge on any atom is 0.349 e. The predicted octanol–water partition coefficient (Wildman–Crippen LogP) is 0.765. The van der Waals surface area contributed by atoms with Crippen molar-refractivity contribution in [3.8, 4) is 0 Å². The molecule has 2 heterocycles. The van der Waals surface area contributed by atoms with Gasteiger partial charge in [0.2, 0.25) is 10.0 Å². The number of aryl methyl sites for hydroxylation is 2. The second-order valence-corrected chi connectivity index (χ2v) is 9.31. The molecule has 0 aliphatic carbocycles. The molecule has 0 saturated carbocycles. The Hall–Kier alpha value is -3.09. The van der Waals surface area contributed by atoms with E-state index < -0.39 is 28.5 Å². The van der Waals surface area contributed by atoms with Gasteiger partial charge < -0.3 is 15.0 Å². The third kappa shape index (κ3) is 5.34. The number of H-pyrrole nitrogens is 1. The van der Waals surface area contributed by atoms with Crippen LogP contribution in [0.25, 0.3) is 10.2 Å². The highest BCUT2D eigenvalue weighted by molar-refractivity contribution is 7.89. The maximum atomic E-state index is 12.4. The van der Waals surface area contributed by atoms with E-state index in [-0.39, 0.29) is 21.9 Å². The van der Waals surface area contributed by atoms with Gasteiger partial charge in [-0.3, -0.25) is 9.59 Å². The van der Waals surface area contributed by atoms with Gasteiger partial charge in [-0.1, -0.05) is 12.1 Å². The molecule has 0 unspecified atom stereocenters. The number of esters is 1. The topological polar surface area (TPSA) is 161 Å². The lowest BCUT2D eigenvalue weighted by atomic mass is 10.1. The van der Waals surface area contributed by atoms with Gasteiger partial charge >= 0.3 is 5.97 Å². The summed E-state index contributed by atoms with van der Waals surface area (Å²) in [5, 5.41) is 8.00. The lowest BCUT2D eigenvalue weighted by Crippen LogP contribution is -2.30. The molecule has 0 aliphatic heterocycles. The quantitative estimate of drug-likeness (QED) is 0.435. The number of fused-ring (bicyclic) bond motifs is 1. The third-order valence-corrected chi connectivity index (χ3v) is 6.52. The van der Waals surface area contributed by atoms with E-state index in [1.807, 2.05) is 0 Å². The van der Waals surface area contributed by atoms with Crippen LogP contribution in [0.3, 0.4) is 0 Å². The van der Waals surface area contributed by atoms with E-state index in [0.29, 0.717) is 28.0 Å². The number of hydrogen-bond donors (Lipinski definition) is 3. The van der Waals surface area contributed by atoms with E-state index in [1.165, 1.54) is 12.1 Å². The standard InChI is InChI=1S/C19H20N4O6S2/c1-10-15-17(25)22-11(2)23-18(15)30-16(10)19(26)29-9-14(24)21-8-7-12-3-5-13(6-4-12)31(20,27)28/h3-6H,7-9H2,1-2H3,(H,21,24)(H2,20,27,28)(H,22,23,25). The first-order valence-corrected chi connectivity index (χ1v) is 11.5. The second kappa shape index (κ2) is 8.96. The van der Waals surface area contributed by atoms with Gasteiger partial charge in [0.1, 0.15) is 15.5 Å². The Labute approximate surface area is 181 Å². The highest BCUT2D eigenvalue weighted by atomic mass is 32.2. The number of nitrogens with zero attached hydrogens (tertiary/aromatic N) is 1. The van der Waals surface area contributed by atoms with Crippen LogP contribution in [0.2, 0.25) is 0 Å². The second-order valence-electron chi connectivity index (χ2n) is 6.75. The monoisotopic (exact) mass is 464 g/mol. The van der Waals surface area contributed by atoms with Gasteiger partial charge in [-0.25, -0.2) is 23.3 Å². The number of nitrogens with one attached hydrogen (secondary N) is 2. The fourth-order valence-electron chi connectivity index (χ4n) is 2.89. The highest BCUT2D eigenvalue weighted by Crippen LogP contribution is 2.27. The van der Waals surface area contributed by atoms with Crippen molar-refractivity contribution >= 4 is 43.5 Å². The first-order chi connectivity index (χ1) is 14.6. The molecule has 3 rings (SSSR count). The average Bonchev–Trinajstić information content (AvgIpc) is 3.02. The molecule has 4 N–H and O–H groups in total. The fraction of sp³-hybridized carbons (Fsp3) is 0.263. The van der Waals surface area contributed by atoms with Gasteiger partial charge in [-0.2, -0.15) is 0 Å². The fourth-order valence-corrected chi connectivity index (χ4v) is 4.52. The summed E-state index contributed by atoms with van der Waals surface area (Å²) in [5.41, 5.74) is 0.936. The van der Waals surface area contributed by atoms with Gasteiger partial charge in [-0.15, -0.1) is 11.3 Å². The van der Waals surface area contributed by atoms with Crippen LogP contribution in [0.15, 0.2) is 34.0 Å². The van der Waals surface area contributed by atoms with Crippen molar-refractivity contribution in [3.05, 3.63) is 56.4 Å². The lowest BCUT2D eigenvalue weighted by molar-refractivity contribution is -0.124. The van der Waals surface area contributed by atoms with E-state index >= 15 is 0 Å². The number of carbonyl (C=O) groups excluding carboxylic acids is 2. The number of aromatic amines is 1. The summed E-state index contributed by atoms with van der Waals surface area (Å²) in [7, 11) is -3.75. The lowest BCUT2D eigenvalue weighted by Gasteiger charge is -2.07. The first kappa shape index (κ1) is 22.6. The molecule has 0 radical (unpaired) electrons. The van der Waals surface area contributed by atoms with Crippen LogP contribution >= 0.6 is 11.3 Å². The summed E-state index contributed by atoms with van der Waals surface area (Å²) < 4.78 is 27.5. The van der Waals surface area contributed by atoms with Crippen molar-refractivity contribution in [1.82, 2.24) is 15.3 Å². The highest BCUT2D eigenvalue weighted by Gasteiger charge is 2.20. The minimum absolute atomic E-state index is 0.0103. The molecule has 164 valence electrons. The molecule has 2 aromatic heterocycles. The van der Waals surface area contributed by atoms with Crippen molar-refractivity contribution in [2.75, 3.05) is 13.2 Å². The van der Waals surface area contributed by atoms with Gasteiger partial charge in [-0.05, 0) is 43.5 Å². The number of hydrogen-bond acceptors (Lipinski definition) is 8. The van der Waals surface area contributed by atoms with E-state index in [2.05, 4.69) is 15.3 Å². The van der Waals surface area contributed by atoms with Crippen LogP contribution in [0.4, 0.5) is 0 Å². The van der Waals surface area contributed by atoms with E-state index in [1.54, 1.807) is 26.0 Å². The molecule has 1 amide bonds. The molecule has 0 spiro atoms. The molecule has 3 aromatic rings. The van der Waals surface area contributed by atoms with Crippen molar-refractivity contribution in [2.45, 2.75) is 25.2 Å². The van der Waals surface area contributed by atoms with Crippen molar-refractivity contribution < 1.29 is 22.7 Å². The van der Waals surface area contributed by atoms with E-state index in [4.69, 9.17) is 9.88 Å². The summed E-state index contributed by atoms with van der Waals surface area (Å²) in [6.07, 6.45) is 0.452. The number of amides is 1. The Morgan fingerprint density at radius 2 is 1.90 bits per heavy atom. The summed E-state index contributed by atoms with van der Waals surface area (Å²) >= 11 is 1.04. The number of sulfonamides is 1. The smallest absolute Gasteiger partial charge is 0.349 e. The first-order valence-electron chi connectivity index (χ1n) is 9.12. The Morgan fingerprint density at radius 1 is 1.23 bits per heavy atom. The van der Waals surface area contributed by atoms with Crippen LogP contribution in [-0.4, -0.2) is 43.4 Å². The number of benzene rings is 1. The molecule has 0 fully saturated rings. The van der Waals surface area contributed by atoms with Gasteiger partial charge in [0.25, 0.3) is 11.5 Å². The van der Waals surface area contributed by atoms with Crippen molar-refractivity contribution in [1.29, 1.82) is 0 Å². The molecule has 0 aliphatic rings. The van der Waals surface area contributed by atoms with Crippen LogP contribution < -0.4 is 16.0 Å². The molecular formula is C19H20N4O6S2. The number of nitrogens with two attached hydrogens (primary N) is 1. The Kier molecular flexibility index (Phi) is 6.53. The van der Waals surface area contributed by atoms with Crippen LogP contribution in [0, 0.1) is 13.8 Å². The van der Waals surface area contributed by atoms with Crippen LogP contribution in [0.5, 0.6) is 0 Å². The molecule has 1 aromatic carbocycles. The Balaban J connectivity index is 1.52. The van der Waals surface area contributed by atoms with E-state index in [9.17, 15) is 22.8 Å². The molecule has 0 atom stereocenters. The zero-order chi connectivity index (χ0) is 22.8. The van der Waals surface area contributed by atoms with Crippen molar-refractivity contribution in [3.63, 3.8) is 0 Å². The third-order valence-electron chi connectivity index (χ3n) is 4.43. The normalized spacial score (nSPS) is 11.5. The Morgan fingerprint density at radius 3 is 2.55 bits per heavy atom. The molecular weight excluding hydrogens is 444 g/mol.